The predicted octanol–water partition coefficient (Wildman–Crippen LogP) is 3.43. The molecule has 0 unspecified atom stereocenters. The van der Waals surface area contributed by atoms with Gasteiger partial charge in [0, 0.05) is 12.8 Å². The van der Waals surface area contributed by atoms with Crippen LogP contribution in [0.5, 0.6) is 0 Å². The minimum Gasteiger partial charge on any atom is -0.461 e. The third-order valence-electron chi connectivity index (χ3n) is 5.35. The van der Waals surface area contributed by atoms with Gasteiger partial charge in [0.05, 0.1) is 35.1 Å². The van der Waals surface area contributed by atoms with Crippen molar-refractivity contribution in [2.24, 2.45) is 0 Å². The number of imidazole rings is 1. The van der Waals surface area contributed by atoms with E-state index >= 15 is 0 Å². The van der Waals surface area contributed by atoms with Crippen molar-refractivity contribution < 1.29 is 9.53 Å². The predicted molar refractivity (Wildman–Crippen MR) is 111 cm³/mol. The van der Waals surface area contributed by atoms with E-state index in [0.29, 0.717) is 25.1 Å². The summed E-state index contributed by atoms with van der Waals surface area (Å²) < 4.78 is 9.09. The lowest BCUT2D eigenvalue weighted by molar-refractivity contribution is 0.0519. The number of hydrogen-bond acceptors (Lipinski definition) is 5. The van der Waals surface area contributed by atoms with E-state index in [1.165, 1.54) is 0 Å². The number of ether oxygens (including phenoxy) is 1. The normalized spacial score (nSPS) is 11.9. The van der Waals surface area contributed by atoms with E-state index in [-0.39, 0.29) is 0 Å². The lowest BCUT2D eigenvalue weighted by atomic mass is 10.1. The molecule has 1 aliphatic rings. The van der Waals surface area contributed by atoms with Crippen LogP contribution in [0.2, 0.25) is 0 Å². The molecule has 4 aromatic rings. The Labute approximate surface area is 173 Å². The standard InChI is InChI=1S/C23H21N5O2/c1-3-30-23(29)22-21-13-19-17(12-16-7-5-4-6-8-16)25-26-28(19)20-11-15(2)9-10-18(20)27(21)14-24-22/h4-11,14H,3,12-13H2,1-2H3. The largest absolute Gasteiger partial charge is 0.461 e. The molecule has 0 spiro atoms. The fourth-order valence-electron chi connectivity index (χ4n) is 3.92. The molecular weight excluding hydrogens is 378 g/mol. The van der Waals surface area contributed by atoms with Crippen molar-refractivity contribution in [2.45, 2.75) is 26.7 Å². The molecule has 7 nitrogen and oxygen atoms in total. The van der Waals surface area contributed by atoms with E-state index in [1.807, 2.05) is 46.5 Å². The van der Waals surface area contributed by atoms with E-state index in [1.54, 1.807) is 13.3 Å². The minimum atomic E-state index is -0.412. The summed E-state index contributed by atoms with van der Waals surface area (Å²) in [6.07, 6.45) is 2.84. The molecule has 0 atom stereocenters. The number of hydrogen-bond donors (Lipinski definition) is 0. The monoisotopic (exact) mass is 399 g/mol. The van der Waals surface area contributed by atoms with Gasteiger partial charge in [0.15, 0.2) is 5.69 Å². The third kappa shape index (κ3) is 2.99. The second-order valence-electron chi connectivity index (χ2n) is 7.36. The molecule has 5 rings (SSSR count). The van der Waals surface area contributed by atoms with Crippen molar-refractivity contribution in [3.8, 4) is 11.4 Å². The molecule has 0 saturated heterocycles. The smallest absolute Gasteiger partial charge is 0.358 e. The topological polar surface area (TPSA) is 74.8 Å². The summed E-state index contributed by atoms with van der Waals surface area (Å²) in [5.41, 5.74) is 7.07. The van der Waals surface area contributed by atoms with E-state index in [9.17, 15) is 4.79 Å². The maximum absolute atomic E-state index is 12.5. The lowest BCUT2D eigenvalue weighted by Gasteiger charge is -2.10. The summed E-state index contributed by atoms with van der Waals surface area (Å²) in [4.78, 5) is 16.9. The molecule has 0 N–H and O–H groups in total. The highest BCUT2D eigenvalue weighted by Crippen LogP contribution is 2.31. The van der Waals surface area contributed by atoms with Gasteiger partial charge in [0.2, 0.25) is 0 Å². The zero-order valence-corrected chi connectivity index (χ0v) is 16.9. The number of aromatic nitrogens is 5. The molecule has 0 fully saturated rings. The Morgan fingerprint density at radius 3 is 2.73 bits per heavy atom. The molecule has 1 aliphatic heterocycles. The van der Waals surface area contributed by atoms with Crippen LogP contribution in [0.15, 0.2) is 54.9 Å². The van der Waals surface area contributed by atoms with Crippen LogP contribution in [-0.2, 0) is 17.6 Å². The van der Waals surface area contributed by atoms with Gasteiger partial charge in [0.25, 0.3) is 0 Å². The molecule has 0 saturated carbocycles. The van der Waals surface area contributed by atoms with Crippen LogP contribution >= 0.6 is 0 Å². The summed E-state index contributed by atoms with van der Waals surface area (Å²) in [5.74, 6) is -0.412. The second-order valence-corrected chi connectivity index (χ2v) is 7.36. The number of rotatable bonds is 4. The summed E-state index contributed by atoms with van der Waals surface area (Å²) in [7, 11) is 0. The van der Waals surface area contributed by atoms with Gasteiger partial charge in [-0.2, -0.15) is 0 Å². The number of aryl methyl sites for hydroxylation is 1. The van der Waals surface area contributed by atoms with E-state index in [0.717, 1.165) is 39.6 Å². The van der Waals surface area contributed by atoms with Gasteiger partial charge in [-0.3, -0.25) is 4.57 Å². The van der Waals surface area contributed by atoms with Crippen molar-refractivity contribution in [3.63, 3.8) is 0 Å². The summed E-state index contributed by atoms with van der Waals surface area (Å²) >= 11 is 0. The Morgan fingerprint density at radius 1 is 1.10 bits per heavy atom. The van der Waals surface area contributed by atoms with Crippen LogP contribution in [0.3, 0.4) is 0 Å². The molecule has 2 aromatic carbocycles. The molecule has 0 radical (unpaired) electrons. The molecule has 7 heteroatoms. The first-order chi connectivity index (χ1) is 14.7. The Hall–Kier alpha value is -3.74. The van der Waals surface area contributed by atoms with Crippen molar-refractivity contribution >= 4 is 5.97 Å². The zero-order valence-electron chi connectivity index (χ0n) is 16.9. The molecule has 3 heterocycles. The van der Waals surface area contributed by atoms with Gasteiger partial charge < -0.3 is 4.74 Å². The van der Waals surface area contributed by atoms with Gasteiger partial charge in [-0.15, -0.1) is 5.10 Å². The highest BCUT2D eigenvalue weighted by Gasteiger charge is 2.28. The molecule has 30 heavy (non-hydrogen) atoms. The highest BCUT2D eigenvalue weighted by atomic mass is 16.5. The molecule has 0 amide bonds. The fraction of sp³-hybridized carbons (Fsp3) is 0.217. The van der Waals surface area contributed by atoms with Crippen molar-refractivity contribution in [3.05, 3.63) is 88.8 Å². The quantitative estimate of drug-likeness (QED) is 0.433. The van der Waals surface area contributed by atoms with Crippen molar-refractivity contribution in [2.75, 3.05) is 6.61 Å². The average Bonchev–Trinajstić information content (AvgIpc) is 3.31. The Kier molecular flexibility index (Phi) is 4.43. The van der Waals surface area contributed by atoms with Gasteiger partial charge in [-0.25, -0.2) is 14.5 Å². The number of benzene rings is 2. The first-order valence-electron chi connectivity index (χ1n) is 9.97. The van der Waals surface area contributed by atoms with Gasteiger partial charge in [0.1, 0.15) is 6.33 Å². The second kappa shape index (κ2) is 7.26. The SMILES string of the molecule is CCOC(=O)c1ncn2c1Cc1c(Cc3ccccc3)nnn1-c1cc(C)ccc1-2. The zero-order chi connectivity index (χ0) is 20.7. The number of nitrogens with zero attached hydrogens (tertiary/aromatic N) is 5. The molecule has 0 aliphatic carbocycles. The van der Waals surface area contributed by atoms with Crippen LogP contribution in [0.25, 0.3) is 11.4 Å². The van der Waals surface area contributed by atoms with Crippen LogP contribution in [-0.4, -0.2) is 37.1 Å². The van der Waals surface area contributed by atoms with E-state index < -0.39 is 5.97 Å². The van der Waals surface area contributed by atoms with Crippen LogP contribution in [0, 0.1) is 6.92 Å². The number of carbonyl (C=O) groups is 1. The maximum Gasteiger partial charge on any atom is 0.358 e. The van der Waals surface area contributed by atoms with Crippen LogP contribution in [0.4, 0.5) is 0 Å². The molecule has 2 aromatic heterocycles. The number of fused-ring (bicyclic) bond motifs is 5. The fourth-order valence-corrected chi connectivity index (χ4v) is 3.92. The Morgan fingerprint density at radius 2 is 1.93 bits per heavy atom. The lowest BCUT2D eigenvalue weighted by Crippen LogP contribution is -2.11. The summed E-state index contributed by atoms with van der Waals surface area (Å²) in [6.45, 7) is 4.15. The molecule has 150 valence electrons. The van der Waals surface area contributed by atoms with E-state index in [4.69, 9.17) is 4.74 Å². The van der Waals surface area contributed by atoms with Gasteiger partial charge in [-0.05, 0) is 37.1 Å². The minimum absolute atomic E-state index is 0.305. The van der Waals surface area contributed by atoms with E-state index in [2.05, 4.69) is 33.5 Å². The average molecular weight is 399 g/mol. The summed E-state index contributed by atoms with van der Waals surface area (Å²) in [6, 6.07) is 16.3. The molecular formula is C23H21N5O2. The molecule has 0 bridgehead atoms. The maximum atomic E-state index is 12.5. The van der Waals surface area contributed by atoms with Crippen molar-refractivity contribution in [1.82, 2.24) is 24.5 Å². The Balaban J connectivity index is 1.69. The number of esters is 1. The first-order valence-corrected chi connectivity index (χ1v) is 9.97. The van der Waals surface area contributed by atoms with Crippen LogP contribution < -0.4 is 0 Å². The van der Waals surface area contributed by atoms with Gasteiger partial charge >= 0.3 is 5.97 Å². The third-order valence-corrected chi connectivity index (χ3v) is 5.35. The highest BCUT2D eigenvalue weighted by molar-refractivity contribution is 5.89. The van der Waals surface area contributed by atoms with Crippen molar-refractivity contribution in [1.29, 1.82) is 0 Å². The Bertz CT molecular complexity index is 1240. The van der Waals surface area contributed by atoms with Gasteiger partial charge in [-0.1, -0.05) is 41.6 Å². The summed E-state index contributed by atoms with van der Waals surface area (Å²) in [5, 5.41) is 8.98. The first kappa shape index (κ1) is 18.3. The number of carbonyl (C=O) groups excluding carboxylic acids is 1. The van der Waals surface area contributed by atoms with Crippen LogP contribution in [0.1, 0.15) is 45.6 Å².